The van der Waals surface area contributed by atoms with Crippen LogP contribution in [0.3, 0.4) is 0 Å². The van der Waals surface area contributed by atoms with Crippen molar-refractivity contribution in [2.75, 3.05) is 18.6 Å². The molecule has 0 fully saturated rings. The van der Waals surface area contributed by atoms with E-state index in [1.807, 2.05) is 0 Å². The van der Waals surface area contributed by atoms with Crippen LogP contribution in [0, 0.1) is 11.6 Å². The molecule has 0 spiro atoms. The molecule has 0 atom stereocenters. The molecular formula is C16H13F2NO3. The zero-order chi connectivity index (χ0) is 16.1. The number of halogens is 2. The lowest BCUT2D eigenvalue weighted by molar-refractivity contribution is -0.121. The van der Waals surface area contributed by atoms with Crippen molar-refractivity contribution >= 4 is 17.6 Å². The molecule has 0 aliphatic rings. The Morgan fingerprint density at radius 3 is 2.23 bits per heavy atom. The molecule has 0 N–H and O–H groups in total. The van der Waals surface area contributed by atoms with Gasteiger partial charge in [-0.15, -0.1) is 0 Å². The molecule has 2 aromatic carbocycles. The van der Waals surface area contributed by atoms with Gasteiger partial charge in [0.15, 0.2) is 6.61 Å². The van der Waals surface area contributed by atoms with E-state index in [1.54, 1.807) is 30.3 Å². The van der Waals surface area contributed by atoms with Crippen LogP contribution in [-0.2, 0) is 9.53 Å². The van der Waals surface area contributed by atoms with Crippen LogP contribution >= 0.6 is 0 Å². The fourth-order valence-corrected chi connectivity index (χ4v) is 1.77. The van der Waals surface area contributed by atoms with Gasteiger partial charge in [-0.2, -0.15) is 0 Å². The first kappa shape index (κ1) is 15.6. The molecule has 0 radical (unpaired) electrons. The number of hydrogen-bond acceptors (Lipinski definition) is 3. The quantitative estimate of drug-likeness (QED) is 0.816. The molecule has 0 saturated carbocycles. The Morgan fingerprint density at radius 2 is 1.64 bits per heavy atom. The zero-order valence-electron chi connectivity index (χ0n) is 11.8. The van der Waals surface area contributed by atoms with Gasteiger partial charge in [0.25, 0.3) is 5.91 Å². The van der Waals surface area contributed by atoms with E-state index in [9.17, 15) is 18.4 Å². The summed E-state index contributed by atoms with van der Waals surface area (Å²) >= 11 is 0. The van der Waals surface area contributed by atoms with E-state index in [1.165, 1.54) is 11.9 Å². The number of hydrogen-bond donors (Lipinski definition) is 0. The Hall–Kier alpha value is -2.76. The lowest BCUT2D eigenvalue weighted by Gasteiger charge is -2.17. The number of amides is 1. The van der Waals surface area contributed by atoms with Crippen LogP contribution in [0.2, 0.25) is 0 Å². The summed E-state index contributed by atoms with van der Waals surface area (Å²) in [6.07, 6.45) is 0. The molecule has 0 aliphatic carbocycles. The molecule has 0 saturated heterocycles. The Labute approximate surface area is 125 Å². The van der Waals surface area contributed by atoms with Crippen LogP contribution in [0.25, 0.3) is 0 Å². The van der Waals surface area contributed by atoms with E-state index in [4.69, 9.17) is 4.74 Å². The summed E-state index contributed by atoms with van der Waals surface area (Å²) in [5, 5.41) is 0. The zero-order valence-corrected chi connectivity index (χ0v) is 11.8. The topological polar surface area (TPSA) is 46.6 Å². The predicted molar refractivity (Wildman–Crippen MR) is 76.5 cm³/mol. The minimum absolute atomic E-state index is 0.285. The Morgan fingerprint density at radius 1 is 1.05 bits per heavy atom. The summed E-state index contributed by atoms with van der Waals surface area (Å²) in [5.74, 6) is -3.20. The lowest BCUT2D eigenvalue weighted by Crippen LogP contribution is -2.31. The predicted octanol–water partition coefficient (Wildman–Crippen LogP) is 2.78. The van der Waals surface area contributed by atoms with E-state index < -0.39 is 30.1 Å². The standard InChI is InChI=1S/C16H13F2NO3/c1-19(14-5-3-2-4-6-14)15(20)10-22-16(21)11-7-12(17)9-13(18)8-11/h2-9H,10H2,1H3. The van der Waals surface area contributed by atoms with Crippen molar-refractivity contribution in [1.82, 2.24) is 0 Å². The van der Waals surface area contributed by atoms with Crippen LogP contribution in [0.5, 0.6) is 0 Å². The third kappa shape index (κ3) is 3.88. The summed E-state index contributed by atoms with van der Waals surface area (Å²) < 4.78 is 30.8. The van der Waals surface area contributed by atoms with Crippen molar-refractivity contribution in [3.8, 4) is 0 Å². The maximum atomic E-state index is 13.0. The van der Waals surface area contributed by atoms with Crippen molar-refractivity contribution in [1.29, 1.82) is 0 Å². The second kappa shape index (κ2) is 6.80. The molecule has 6 heteroatoms. The molecule has 0 aliphatic heterocycles. The Balaban J connectivity index is 1.97. The highest BCUT2D eigenvalue weighted by atomic mass is 19.1. The van der Waals surface area contributed by atoms with Gasteiger partial charge in [-0.05, 0) is 24.3 Å². The lowest BCUT2D eigenvalue weighted by atomic mass is 10.2. The molecule has 0 aromatic heterocycles. The summed E-state index contributed by atoms with van der Waals surface area (Å²) in [5.41, 5.74) is 0.355. The highest BCUT2D eigenvalue weighted by molar-refractivity contribution is 5.96. The van der Waals surface area contributed by atoms with Crippen LogP contribution in [-0.4, -0.2) is 25.5 Å². The first-order chi connectivity index (χ1) is 10.5. The summed E-state index contributed by atoms with van der Waals surface area (Å²) in [4.78, 5) is 24.9. The van der Waals surface area contributed by atoms with Gasteiger partial charge in [0.05, 0.1) is 5.56 Å². The maximum absolute atomic E-state index is 13.0. The van der Waals surface area contributed by atoms with E-state index >= 15 is 0 Å². The fourth-order valence-electron chi connectivity index (χ4n) is 1.77. The number of anilines is 1. The summed E-state index contributed by atoms with van der Waals surface area (Å²) in [6, 6.07) is 11.1. The van der Waals surface area contributed by atoms with Gasteiger partial charge in [0.2, 0.25) is 0 Å². The SMILES string of the molecule is CN(C(=O)COC(=O)c1cc(F)cc(F)c1)c1ccccc1. The number of nitrogens with zero attached hydrogens (tertiary/aromatic N) is 1. The smallest absolute Gasteiger partial charge is 0.338 e. The third-order valence-electron chi connectivity index (χ3n) is 2.94. The molecule has 114 valence electrons. The summed E-state index contributed by atoms with van der Waals surface area (Å²) in [6.45, 7) is -0.525. The minimum atomic E-state index is -0.965. The third-order valence-corrected chi connectivity index (χ3v) is 2.94. The minimum Gasteiger partial charge on any atom is -0.452 e. The molecule has 22 heavy (non-hydrogen) atoms. The van der Waals surface area contributed by atoms with E-state index in [2.05, 4.69) is 0 Å². The molecule has 2 aromatic rings. The van der Waals surface area contributed by atoms with Crippen molar-refractivity contribution in [3.63, 3.8) is 0 Å². The van der Waals surface area contributed by atoms with Crippen molar-refractivity contribution in [3.05, 3.63) is 65.7 Å². The highest BCUT2D eigenvalue weighted by Gasteiger charge is 2.15. The van der Waals surface area contributed by atoms with Crippen LogP contribution < -0.4 is 4.90 Å². The monoisotopic (exact) mass is 305 g/mol. The molecule has 4 nitrogen and oxygen atoms in total. The van der Waals surface area contributed by atoms with Crippen LogP contribution in [0.15, 0.2) is 48.5 Å². The maximum Gasteiger partial charge on any atom is 0.338 e. The second-order valence-corrected chi connectivity index (χ2v) is 4.52. The molecule has 0 unspecified atom stereocenters. The summed E-state index contributed by atoms with van der Waals surface area (Å²) in [7, 11) is 1.54. The van der Waals surface area contributed by atoms with Crippen LogP contribution in [0.1, 0.15) is 10.4 Å². The first-order valence-corrected chi connectivity index (χ1v) is 6.42. The largest absolute Gasteiger partial charge is 0.452 e. The van der Waals surface area contributed by atoms with Gasteiger partial charge in [-0.1, -0.05) is 18.2 Å². The molecule has 2 rings (SSSR count). The number of esters is 1. The number of ether oxygens (including phenoxy) is 1. The number of likely N-dealkylation sites (N-methyl/N-ethyl adjacent to an activating group) is 1. The number of benzene rings is 2. The molecule has 0 bridgehead atoms. The molecule has 0 heterocycles. The highest BCUT2D eigenvalue weighted by Crippen LogP contribution is 2.12. The molecular weight excluding hydrogens is 292 g/mol. The van der Waals surface area contributed by atoms with Crippen molar-refractivity contribution in [2.45, 2.75) is 0 Å². The normalized spacial score (nSPS) is 10.1. The van der Waals surface area contributed by atoms with Gasteiger partial charge in [-0.3, -0.25) is 4.79 Å². The van der Waals surface area contributed by atoms with Crippen LogP contribution in [0.4, 0.5) is 14.5 Å². The van der Waals surface area contributed by atoms with E-state index in [-0.39, 0.29) is 5.56 Å². The number of rotatable bonds is 4. The van der Waals surface area contributed by atoms with E-state index in [0.717, 1.165) is 12.1 Å². The fraction of sp³-hybridized carbons (Fsp3) is 0.125. The average Bonchev–Trinajstić information content (AvgIpc) is 2.51. The van der Waals surface area contributed by atoms with Crippen molar-refractivity contribution < 1.29 is 23.1 Å². The van der Waals surface area contributed by atoms with Crippen molar-refractivity contribution in [2.24, 2.45) is 0 Å². The van der Waals surface area contributed by atoms with Gasteiger partial charge in [0, 0.05) is 18.8 Å². The average molecular weight is 305 g/mol. The molecule has 1 amide bonds. The first-order valence-electron chi connectivity index (χ1n) is 6.42. The van der Waals surface area contributed by atoms with Gasteiger partial charge in [-0.25, -0.2) is 13.6 Å². The Kier molecular flexibility index (Phi) is 4.83. The number of carbonyl (C=O) groups is 2. The number of carbonyl (C=O) groups excluding carboxylic acids is 2. The second-order valence-electron chi connectivity index (χ2n) is 4.52. The van der Waals surface area contributed by atoms with Gasteiger partial charge in [0.1, 0.15) is 11.6 Å². The van der Waals surface area contributed by atoms with E-state index in [0.29, 0.717) is 11.8 Å². The van der Waals surface area contributed by atoms with Gasteiger partial charge < -0.3 is 9.64 Å². The number of para-hydroxylation sites is 1. The van der Waals surface area contributed by atoms with Gasteiger partial charge >= 0.3 is 5.97 Å². The Bertz CT molecular complexity index is 669.